The number of benzene rings is 2. The van der Waals surface area contributed by atoms with E-state index in [0.29, 0.717) is 24.5 Å². The first-order chi connectivity index (χ1) is 15.5. The second-order valence-corrected chi connectivity index (χ2v) is 9.37. The van der Waals surface area contributed by atoms with Crippen LogP contribution in [0.25, 0.3) is 0 Å². The smallest absolute Gasteiger partial charge is 0.244 e. The fourth-order valence-electron chi connectivity index (χ4n) is 3.78. The summed E-state index contributed by atoms with van der Waals surface area (Å²) in [5.74, 6) is 0.250. The summed E-state index contributed by atoms with van der Waals surface area (Å²) in [6.07, 6.45) is 1.96. The highest BCUT2D eigenvalue weighted by Crippen LogP contribution is 2.30. The van der Waals surface area contributed by atoms with E-state index in [1.807, 2.05) is 43.3 Å². The van der Waals surface area contributed by atoms with Gasteiger partial charge in [-0.25, -0.2) is 8.42 Å². The van der Waals surface area contributed by atoms with Gasteiger partial charge in [-0.3, -0.25) is 9.78 Å². The molecule has 1 aliphatic rings. The summed E-state index contributed by atoms with van der Waals surface area (Å²) in [5, 5.41) is 2.85. The SMILES string of the molecule is CCOc1ccc(S(=O)(=O)N2Cc3ccccc3CC2C(=O)NCc2ccccn2)cc1. The van der Waals surface area contributed by atoms with Crippen LogP contribution in [0.2, 0.25) is 0 Å². The third-order valence-corrected chi connectivity index (χ3v) is 7.29. The zero-order valence-corrected chi connectivity index (χ0v) is 18.6. The van der Waals surface area contributed by atoms with E-state index >= 15 is 0 Å². The molecule has 0 spiro atoms. The third kappa shape index (κ3) is 4.66. The van der Waals surface area contributed by atoms with Crippen molar-refractivity contribution < 1.29 is 17.9 Å². The summed E-state index contributed by atoms with van der Waals surface area (Å²) < 4.78 is 33.8. The number of ether oxygens (including phenoxy) is 1. The predicted molar refractivity (Wildman–Crippen MR) is 120 cm³/mol. The predicted octanol–water partition coefficient (Wildman–Crippen LogP) is 2.91. The van der Waals surface area contributed by atoms with Crippen LogP contribution in [0, 0.1) is 0 Å². The highest BCUT2D eigenvalue weighted by Gasteiger charge is 2.39. The normalized spacial score (nSPS) is 16.2. The molecule has 166 valence electrons. The summed E-state index contributed by atoms with van der Waals surface area (Å²) in [6, 6.07) is 18.5. The molecule has 0 aliphatic carbocycles. The van der Waals surface area contributed by atoms with Crippen molar-refractivity contribution in [2.45, 2.75) is 37.4 Å². The number of hydrogen-bond donors (Lipinski definition) is 1. The number of hydrogen-bond acceptors (Lipinski definition) is 5. The molecule has 4 rings (SSSR count). The number of nitrogens with zero attached hydrogens (tertiary/aromatic N) is 2. The number of nitrogens with one attached hydrogen (secondary N) is 1. The van der Waals surface area contributed by atoms with E-state index in [4.69, 9.17) is 4.74 Å². The van der Waals surface area contributed by atoms with Crippen LogP contribution in [0.1, 0.15) is 23.7 Å². The Morgan fingerprint density at radius 2 is 1.78 bits per heavy atom. The van der Waals surface area contributed by atoms with E-state index in [0.717, 1.165) is 11.1 Å². The van der Waals surface area contributed by atoms with Crippen molar-refractivity contribution in [3.8, 4) is 5.75 Å². The Hall–Kier alpha value is -3.23. The van der Waals surface area contributed by atoms with Crippen LogP contribution >= 0.6 is 0 Å². The largest absolute Gasteiger partial charge is 0.494 e. The first kappa shape index (κ1) is 22.0. The average molecular weight is 452 g/mol. The van der Waals surface area contributed by atoms with Gasteiger partial charge in [0.25, 0.3) is 0 Å². The minimum absolute atomic E-state index is 0.128. The maximum Gasteiger partial charge on any atom is 0.244 e. The van der Waals surface area contributed by atoms with Crippen LogP contribution in [0.4, 0.5) is 0 Å². The van der Waals surface area contributed by atoms with Crippen LogP contribution in [0.5, 0.6) is 5.75 Å². The summed E-state index contributed by atoms with van der Waals surface area (Å²) in [6.45, 7) is 2.72. The summed E-state index contributed by atoms with van der Waals surface area (Å²) >= 11 is 0. The Kier molecular flexibility index (Phi) is 6.53. The maximum atomic E-state index is 13.5. The molecule has 8 heteroatoms. The van der Waals surface area contributed by atoms with Crippen molar-refractivity contribution in [1.82, 2.24) is 14.6 Å². The van der Waals surface area contributed by atoms with Gasteiger partial charge in [-0.2, -0.15) is 4.31 Å². The number of sulfonamides is 1. The van der Waals surface area contributed by atoms with Gasteiger partial charge in [0.1, 0.15) is 11.8 Å². The van der Waals surface area contributed by atoms with E-state index in [2.05, 4.69) is 10.3 Å². The molecule has 0 saturated heterocycles. The lowest BCUT2D eigenvalue weighted by Crippen LogP contribution is -2.52. The number of carbonyl (C=O) groups excluding carboxylic acids is 1. The Bertz CT molecular complexity index is 1180. The molecule has 0 bridgehead atoms. The van der Waals surface area contributed by atoms with Crippen LogP contribution < -0.4 is 10.1 Å². The Balaban J connectivity index is 1.62. The molecule has 2 heterocycles. The fourth-order valence-corrected chi connectivity index (χ4v) is 5.35. The van der Waals surface area contributed by atoms with Crippen LogP contribution in [0.3, 0.4) is 0 Å². The number of rotatable bonds is 7. The number of aromatic nitrogens is 1. The molecule has 1 aromatic heterocycles. The fraction of sp³-hybridized carbons (Fsp3) is 0.250. The highest BCUT2D eigenvalue weighted by atomic mass is 32.2. The molecule has 2 aromatic carbocycles. The molecular weight excluding hydrogens is 426 g/mol. The molecule has 0 radical (unpaired) electrons. The van der Waals surface area contributed by atoms with Gasteiger partial charge in [-0.1, -0.05) is 30.3 Å². The Morgan fingerprint density at radius 3 is 2.47 bits per heavy atom. The van der Waals surface area contributed by atoms with E-state index in [1.54, 1.807) is 24.4 Å². The number of amides is 1. The second kappa shape index (κ2) is 9.50. The van der Waals surface area contributed by atoms with Gasteiger partial charge < -0.3 is 10.1 Å². The van der Waals surface area contributed by atoms with Crippen LogP contribution in [-0.2, 0) is 34.3 Å². The minimum Gasteiger partial charge on any atom is -0.494 e. The van der Waals surface area contributed by atoms with Crippen molar-refractivity contribution in [1.29, 1.82) is 0 Å². The minimum atomic E-state index is -3.91. The lowest BCUT2D eigenvalue weighted by Gasteiger charge is -2.35. The summed E-state index contributed by atoms with van der Waals surface area (Å²) in [5.41, 5.74) is 2.58. The molecule has 1 atom stereocenters. The third-order valence-electron chi connectivity index (χ3n) is 5.42. The quantitative estimate of drug-likeness (QED) is 0.597. The number of carbonyl (C=O) groups is 1. The monoisotopic (exact) mass is 451 g/mol. The van der Waals surface area contributed by atoms with Gasteiger partial charge in [0.05, 0.1) is 23.7 Å². The van der Waals surface area contributed by atoms with Crippen molar-refractivity contribution >= 4 is 15.9 Å². The average Bonchev–Trinajstić information content (AvgIpc) is 2.83. The molecule has 32 heavy (non-hydrogen) atoms. The summed E-state index contributed by atoms with van der Waals surface area (Å²) in [4.78, 5) is 17.5. The standard InChI is InChI=1S/C24H25N3O4S/c1-2-31-21-10-12-22(13-11-21)32(29,30)27-17-19-8-4-3-7-18(19)15-23(27)24(28)26-16-20-9-5-6-14-25-20/h3-14,23H,2,15-17H2,1H3,(H,26,28). The zero-order valence-electron chi connectivity index (χ0n) is 17.8. The molecule has 1 unspecified atom stereocenters. The second-order valence-electron chi connectivity index (χ2n) is 7.48. The van der Waals surface area contributed by atoms with Gasteiger partial charge in [-0.05, 0) is 60.9 Å². The van der Waals surface area contributed by atoms with Crippen molar-refractivity contribution in [2.75, 3.05) is 6.61 Å². The van der Waals surface area contributed by atoms with E-state index in [1.165, 1.54) is 16.4 Å². The molecule has 1 aliphatic heterocycles. The highest BCUT2D eigenvalue weighted by molar-refractivity contribution is 7.89. The van der Waals surface area contributed by atoms with Gasteiger partial charge in [0.2, 0.25) is 15.9 Å². The Labute approximate surface area is 188 Å². The van der Waals surface area contributed by atoms with Gasteiger partial charge in [-0.15, -0.1) is 0 Å². The van der Waals surface area contributed by atoms with Crippen molar-refractivity contribution in [3.05, 3.63) is 89.7 Å². The van der Waals surface area contributed by atoms with Crippen molar-refractivity contribution in [3.63, 3.8) is 0 Å². The zero-order chi connectivity index (χ0) is 22.6. The molecule has 1 N–H and O–H groups in total. The van der Waals surface area contributed by atoms with Gasteiger partial charge >= 0.3 is 0 Å². The molecule has 0 fully saturated rings. The lowest BCUT2D eigenvalue weighted by molar-refractivity contribution is -0.125. The van der Waals surface area contributed by atoms with E-state index < -0.39 is 16.1 Å². The van der Waals surface area contributed by atoms with Gasteiger partial charge in [0, 0.05) is 12.7 Å². The van der Waals surface area contributed by atoms with E-state index in [-0.39, 0.29) is 23.9 Å². The molecular formula is C24H25N3O4S. The van der Waals surface area contributed by atoms with Gasteiger partial charge in [0.15, 0.2) is 0 Å². The van der Waals surface area contributed by atoms with E-state index in [9.17, 15) is 13.2 Å². The number of pyridine rings is 1. The maximum absolute atomic E-state index is 13.5. The molecule has 3 aromatic rings. The number of fused-ring (bicyclic) bond motifs is 1. The summed E-state index contributed by atoms with van der Waals surface area (Å²) in [7, 11) is -3.91. The lowest BCUT2D eigenvalue weighted by atomic mass is 9.95. The molecule has 1 amide bonds. The topological polar surface area (TPSA) is 88.6 Å². The van der Waals surface area contributed by atoms with Crippen LogP contribution in [-0.4, -0.2) is 36.3 Å². The molecule has 0 saturated carbocycles. The Morgan fingerprint density at radius 1 is 1.06 bits per heavy atom. The molecule has 7 nitrogen and oxygen atoms in total. The van der Waals surface area contributed by atoms with Crippen LogP contribution in [0.15, 0.2) is 77.8 Å². The first-order valence-corrected chi connectivity index (χ1v) is 11.9. The first-order valence-electron chi connectivity index (χ1n) is 10.5. The van der Waals surface area contributed by atoms with Crippen molar-refractivity contribution in [2.24, 2.45) is 0 Å².